The summed E-state index contributed by atoms with van der Waals surface area (Å²) in [6.07, 6.45) is 2.12. The van der Waals surface area contributed by atoms with Crippen molar-refractivity contribution >= 4 is 34.9 Å². The predicted molar refractivity (Wildman–Crippen MR) is 63.7 cm³/mol. The first-order chi connectivity index (χ1) is 7.72. The zero-order chi connectivity index (χ0) is 11.8. The number of hydrogen-bond donors (Lipinski definition) is 0. The fourth-order valence-corrected chi connectivity index (χ4v) is 2.51. The molecule has 0 aliphatic rings. The minimum Gasteiger partial charge on any atom is -0.466 e. The van der Waals surface area contributed by atoms with E-state index in [0.29, 0.717) is 12.4 Å². The highest BCUT2D eigenvalue weighted by Gasteiger charge is 2.08. The molecule has 1 aromatic rings. The van der Waals surface area contributed by atoms with E-state index < -0.39 is 0 Å². The standard InChI is InChI=1S/C10H13NO3S2/c1-2-14-9(13)4-3-8(12)7-16-10-11-5-6-15-10/h5-6H,2-4,7H2,1H3. The summed E-state index contributed by atoms with van der Waals surface area (Å²) >= 11 is 2.91. The molecule has 0 aliphatic heterocycles. The molecular formula is C10H13NO3S2. The molecule has 1 aromatic heterocycles. The van der Waals surface area contributed by atoms with Crippen LogP contribution in [0.3, 0.4) is 0 Å². The first-order valence-corrected chi connectivity index (χ1v) is 6.78. The highest BCUT2D eigenvalue weighted by molar-refractivity contribution is 8.01. The summed E-state index contributed by atoms with van der Waals surface area (Å²) in [6.45, 7) is 2.11. The van der Waals surface area contributed by atoms with Crippen LogP contribution in [0.4, 0.5) is 0 Å². The summed E-state index contributed by atoms with van der Waals surface area (Å²) in [5.41, 5.74) is 0. The Morgan fingerprint density at radius 2 is 2.31 bits per heavy atom. The number of aromatic nitrogens is 1. The minimum absolute atomic E-state index is 0.0493. The Morgan fingerprint density at radius 3 is 2.94 bits per heavy atom. The van der Waals surface area contributed by atoms with Gasteiger partial charge in [0.2, 0.25) is 0 Å². The number of ether oxygens (including phenoxy) is 1. The number of rotatable bonds is 7. The van der Waals surface area contributed by atoms with Crippen LogP contribution in [0.1, 0.15) is 19.8 Å². The Kier molecular flexibility index (Phi) is 6.10. The van der Waals surface area contributed by atoms with Crippen LogP contribution < -0.4 is 0 Å². The Labute approximate surface area is 102 Å². The molecule has 16 heavy (non-hydrogen) atoms. The van der Waals surface area contributed by atoms with Gasteiger partial charge in [-0.1, -0.05) is 11.8 Å². The van der Waals surface area contributed by atoms with E-state index in [1.54, 1.807) is 13.1 Å². The maximum absolute atomic E-state index is 11.4. The van der Waals surface area contributed by atoms with E-state index in [2.05, 4.69) is 4.98 Å². The van der Waals surface area contributed by atoms with Crippen molar-refractivity contribution in [1.29, 1.82) is 0 Å². The Hall–Kier alpha value is -0.880. The summed E-state index contributed by atoms with van der Waals surface area (Å²) in [5.74, 6) is 0.107. The van der Waals surface area contributed by atoms with Gasteiger partial charge in [-0.2, -0.15) is 0 Å². The lowest BCUT2D eigenvalue weighted by Crippen LogP contribution is -2.08. The molecule has 0 aromatic carbocycles. The molecule has 0 saturated heterocycles. The summed E-state index contributed by atoms with van der Waals surface area (Å²) in [6, 6.07) is 0. The van der Waals surface area contributed by atoms with Crippen molar-refractivity contribution in [2.45, 2.75) is 24.1 Å². The Balaban J connectivity index is 2.14. The van der Waals surface area contributed by atoms with E-state index in [4.69, 9.17) is 4.74 Å². The first kappa shape index (κ1) is 13.2. The molecule has 0 saturated carbocycles. The average Bonchev–Trinajstić information content (AvgIpc) is 2.77. The summed E-state index contributed by atoms with van der Waals surface area (Å²) in [4.78, 5) is 26.4. The van der Waals surface area contributed by atoms with Crippen molar-refractivity contribution in [3.8, 4) is 0 Å². The van der Waals surface area contributed by atoms with Gasteiger partial charge in [0.1, 0.15) is 10.1 Å². The maximum Gasteiger partial charge on any atom is 0.306 e. The van der Waals surface area contributed by atoms with Gasteiger partial charge < -0.3 is 4.74 Å². The number of nitrogens with zero attached hydrogens (tertiary/aromatic N) is 1. The van der Waals surface area contributed by atoms with Crippen LogP contribution in [-0.2, 0) is 14.3 Å². The van der Waals surface area contributed by atoms with Gasteiger partial charge in [0.15, 0.2) is 0 Å². The van der Waals surface area contributed by atoms with Crippen LogP contribution in [0.25, 0.3) is 0 Å². The molecule has 6 heteroatoms. The SMILES string of the molecule is CCOC(=O)CCC(=O)CSc1nccs1. The van der Waals surface area contributed by atoms with Gasteiger partial charge in [-0.05, 0) is 6.92 Å². The van der Waals surface area contributed by atoms with E-state index in [-0.39, 0.29) is 24.6 Å². The van der Waals surface area contributed by atoms with Crippen molar-refractivity contribution in [3.63, 3.8) is 0 Å². The van der Waals surface area contributed by atoms with E-state index in [1.807, 2.05) is 5.38 Å². The number of carbonyl (C=O) groups excluding carboxylic acids is 2. The third kappa shape index (κ3) is 5.27. The van der Waals surface area contributed by atoms with Crippen molar-refractivity contribution < 1.29 is 14.3 Å². The van der Waals surface area contributed by atoms with Gasteiger partial charge in [-0.3, -0.25) is 9.59 Å². The largest absolute Gasteiger partial charge is 0.466 e. The first-order valence-electron chi connectivity index (χ1n) is 4.92. The van der Waals surface area contributed by atoms with Gasteiger partial charge in [0, 0.05) is 18.0 Å². The lowest BCUT2D eigenvalue weighted by molar-refractivity contribution is -0.144. The lowest BCUT2D eigenvalue weighted by atomic mass is 10.2. The number of thiazole rings is 1. The minimum atomic E-state index is -0.310. The van der Waals surface area contributed by atoms with Crippen LogP contribution in [-0.4, -0.2) is 29.1 Å². The molecule has 0 bridgehead atoms. The smallest absolute Gasteiger partial charge is 0.306 e. The van der Waals surface area contributed by atoms with E-state index >= 15 is 0 Å². The zero-order valence-corrected chi connectivity index (χ0v) is 10.6. The molecule has 0 spiro atoms. The average molecular weight is 259 g/mol. The number of carbonyl (C=O) groups is 2. The molecular weight excluding hydrogens is 246 g/mol. The van der Waals surface area contributed by atoms with Gasteiger partial charge in [-0.15, -0.1) is 11.3 Å². The predicted octanol–water partition coefficient (Wildman–Crippen LogP) is 2.15. The van der Waals surface area contributed by atoms with Crippen LogP contribution >= 0.6 is 23.1 Å². The molecule has 88 valence electrons. The van der Waals surface area contributed by atoms with E-state index in [9.17, 15) is 9.59 Å². The molecule has 4 nitrogen and oxygen atoms in total. The Bertz CT molecular complexity index is 338. The second-order valence-electron chi connectivity index (χ2n) is 2.93. The summed E-state index contributed by atoms with van der Waals surface area (Å²) in [7, 11) is 0. The zero-order valence-electron chi connectivity index (χ0n) is 8.97. The number of esters is 1. The second kappa shape index (κ2) is 7.40. The second-order valence-corrected chi connectivity index (χ2v) is 5.05. The maximum atomic E-state index is 11.4. The van der Waals surface area contributed by atoms with Crippen molar-refractivity contribution in [2.24, 2.45) is 0 Å². The molecule has 0 radical (unpaired) electrons. The number of thioether (sulfide) groups is 1. The molecule has 0 fully saturated rings. The molecule has 0 atom stereocenters. The topological polar surface area (TPSA) is 56.3 Å². The number of ketones is 1. The molecule has 0 N–H and O–H groups in total. The lowest BCUT2D eigenvalue weighted by Gasteiger charge is -2.00. The van der Waals surface area contributed by atoms with E-state index in [1.165, 1.54) is 23.1 Å². The molecule has 1 rings (SSSR count). The molecule has 0 unspecified atom stereocenters. The van der Waals surface area contributed by atoms with Crippen molar-refractivity contribution in [1.82, 2.24) is 4.98 Å². The van der Waals surface area contributed by atoms with Gasteiger partial charge >= 0.3 is 5.97 Å². The Morgan fingerprint density at radius 1 is 1.50 bits per heavy atom. The number of hydrogen-bond acceptors (Lipinski definition) is 6. The van der Waals surface area contributed by atoms with Gasteiger partial charge in [-0.25, -0.2) is 4.98 Å². The summed E-state index contributed by atoms with van der Waals surface area (Å²) < 4.78 is 5.61. The fourth-order valence-electron chi connectivity index (χ4n) is 0.971. The number of Topliss-reactive ketones (excluding diaryl/α,β-unsaturated/α-hetero) is 1. The third-order valence-corrected chi connectivity index (χ3v) is 3.71. The van der Waals surface area contributed by atoms with Crippen LogP contribution in [0.2, 0.25) is 0 Å². The quantitative estimate of drug-likeness (QED) is 0.554. The monoisotopic (exact) mass is 259 g/mol. The van der Waals surface area contributed by atoms with Crippen LogP contribution in [0.15, 0.2) is 15.9 Å². The molecule has 0 aliphatic carbocycles. The third-order valence-electron chi connectivity index (χ3n) is 1.68. The van der Waals surface area contributed by atoms with Gasteiger partial charge in [0.05, 0.1) is 18.8 Å². The van der Waals surface area contributed by atoms with Crippen molar-refractivity contribution in [3.05, 3.63) is 11.6 Å². The van der Waals surface area contributed by atoms with Crippen LogP contribution in [0.5, 0.6) is 0 Å². The normalized spacial score (nSPS) is 10.1. The van der Waals surface area contributed by atoms with Gasteiger partial charge in [0.25, 0.3) is 0 Å². The van der Waals surface area contributed by atoms with Crippen molar-refractivity contribution in [2.75, 3.05) is 12.4 Å². The summed E-state index contributed by atoms with van der Waals surface area (Å²) in [5, 5.41) is 1.87. The highest BCUT2D eigenvalue weighted by atomic mass is 32.2. The highest BCUT2D eigenvalue weighted by Crippen LogP contribution is 2.20. The van der Waals surface area contributed by atoms with Crippen LogP contribution in [0, 0.1) is 0 Å². The fraction of sp³-hybridized carbons (Fsp3) is 0.500. The molecule has 1 heterocycles. The molecule has 0 amide bonds. The van der Waals surface area contributed by atoms with E-state index in [0.717, 1.165) is 4.34 Å².